The van der Waals surface area contributed by atoms with Gasteiger partial charge in [-0.1, -0.05) is 12.1 Å². The largest absolute Gasteiger partial charge is 0.487 e. The van der Waals surface area contributed by atoms with Crippen molar-refractivity contribution in [2.75, 3.05) is 0 Å². The first-order chi connectivity index (χ1) is 8.86. The predicted molar refractivity (Wildman–Crippen MR) is 74.7 cm³/mol. The van der Waals surface area contributed by atoms with Crippen LogP contribution in [0.15, 0.2) is 24.4 Å². The van der Waals surface area contributed by atoms with E-state index in [4.69, 9.17) is 9.31 Å². The summed E-state index contributed by atoms with van der Waals surface area (Å²) >= 11 is 0. The minimum absolute atomic E-state index is 0.353. The summed E-state index contributed by atoms with van der Waals surface area (Å²) in [5.74, 6) is 1.82. The van der Waals surface area contributed by atoms with Gasteiger partial charge in [0.2, 0.25) is 0 Å². The molecule has 0 unspecified atom stereocenters. The molecule has 0 N–H and O–H groups in total. The molecule has 4 nitrogen and oxygen atoms in total. The Morgan fingerprint density at radius 1 is 1.16 bits per heavy atom. The van der Waals surface area contributed by atoms with Gasteiger partial charge in [0.1, 0.15) is 0 Å². The Hall–Kier alpha value is -1.46. The molecular formula is C14H18BNO3. The standard InChI is InChI=1S/C14H18BNO3/c1-13(2)14(3,4)19-15(18-13)7-5-11-6-8-16-9-12(11)10-17/h5-10H,1-4H3/b7-5+. The zero-order chi connectivity index (χ0) is 14.1. The first-order valence-electron chi connectivity index (χ1n) is 6.29. The highest BCUT2D eigenvalue weighted by atomic mass is 16.7. The van der Waals surface area contributed by atoms with Crippen LogP contribution in [0.3, 0.4) is 0 Å². The lowest BCUT2D eigenvalue weighted by Crippen LogP contribution is -2.41. The Bertz CT molecular complexity index is 495. The van der Waals surface area contributed by atoms with Crippen molar-refractivity contribution in [2.24, 2.45) is 0 Å². The Balaban J connectivity index is 2.15. The highest BCUT2D eigenvalue weighted by Gasteiger charge is 2.49. The van der Waals surface area contributed by atoms with Crippen molar-refractivity contribution < 1.29 is 14.1 Å². The number of hydrogen-bond acceptors (Lipinski definition) is 4. The number of carbonyl (C=O) groups is 1. The molecule has 0 aromatic carbocycles. The van der Waals surface area contributed by atoms with Crippen LogP contribution >= 0.6 is 0 Å². The number of aromatic nitrogens is 1. The zero-order valence-corrected chi connectivity index (χ0v) is 11.7. The summed E-state index contributed by atoms with van der Waals surface area (Å²) in [7, 11) is -0.405. The summed E-state index contributed by atoms with van der Waals surface area (Å²) in [4.78, 5) is 14.8. The number of carbonyl (C=O) groups excluding carboxylic acids is 1. The molecule has 5 heteroatoms. The van der Waals surface area contributed by atoms with Crippen LogP contribution in [-0.2, 0) is 9.31 Å². The van der Waals surface area contributed by atoms with Gasteiger partial charge in [0.05, 0.1) is 11.2 Å². The Morgan fingerprint density at radius 3 is 2.37 bits per heavy atom. The third-order valence-electron chi connectivity index (χ3n) is 3.72. The van der Waals surface area contributed by atoms with Crippen molar-refractivity contribution in [1.29, 1.82) is 0 Å². The number of nitrogens with zero attached hydrogens (tertiary/aromatic N) is 1. The monoisotopic (exact) mass is 259 g/mol. The first kappa shape index (κ1) is 14.0. The molecule has 1 fully saturated rings. The van der Waals surface area contributed by atoms with Crippen LogP contribution in [0.25, 0.3) is 6.08 Å². The molecule has 0 radical (unpaired) electrons. The lowest BCUT2D eigenvalue weighted by atomic mass is 9.89. The summed E-state index contributed by atoms with van der Waals surface area (Å²) in [6.07, 6.45) is 5.80. The highest BCUT2D eigenvalue weighted by Crippen LogP contribution is 2.37. The molecule has 1 aliphatic heterocycles. The molecule has 0 saturated carbocycles. The van der Waals surface area contributed by atoms with Crippen molar-refractivity contribution in [1.82, 2.24) is 4.98 Å². The molecule has 0 bridgehead atoms. The summed E-state index contributed by atoms with van der Waals surface area (Å²) in [5.41, 5.74) is 0.650. The van der Waals surface area contributed by atoms with Crippen LogP contribution < -0.4 is 0 Å². The number of hydrogen-bond donors (Lipinski definition) is 0. The van der Waals surface area contributed by atoms with E-state index in [2.05, 4.69) is 4.98 Å². The second kappa shape index (κ2) is 4.91. The van der Waals surface area contributed by atoms with E-state index in [0.29, 0.717) is 5.56 Å². The van der Waals surface area contributed by atoms with Crippen LogP contribution in [0.1, 0.15) is 43.6 Å². The van der Waals surface area contributed by atoms with Gasteiger partial charge in [0, 0.05) is 18.0 Å². The van der Waals surface area contributed by atoms with E-state index in [9.17, 15) is 4.79 Å². The summed E-state index contributed by atoms with van der Waals surface area (Å²) in [5, 5.41) is 0. The highest BCUT2D eigenvalue weighted by molar-refractivity contribution is 6.52. The quantitative estimate of drug-likeness (QED) is 0.618. The fraction of sp³-hybridized carbons (Fsp3) is 0.429. The van der Waals surface area contributed by atoms with Gasteiger partial charge in [-0.2, -0.15) is 0 Å². The average molecular weight is 259 g/mol. The third-order valence-corrected chi connectivity index (χ3v) is 3.72. The molecule has 0 spiro atoms. The second-order valence-corrected chi connectivity index (χ2v) is 5.61. The van der Waals surface area contributed by atoms with Gasteiger partial charge in [-0.05, 0) is 39.3 Å². The molecule has 100 valence electrons. The lowest BCUT2D eigenvalue weighted by Gasteiger charge is -2.32. The topological polar surface area (TPSA) is 48.4 Å². The molecular weight excluding hydrogens is 241 g/mol. The maximum atomic E-state index is 10.9. The SMILES string of the molecule is CC1(C)OB(/C=C/c2ccncc2C=O)OC1(C)C. The van der Waals surface area contributed by atoms with Gasteiger partial charge in [-0.15, -0.1) is 0 Å². The first-order valence-corrected chi connectivity index (χ1v) is 6.29. The van der Waals surface area contributed by atoms with Gasteiger partial charge in [-0.3, -0.25) is 9.78 Å². The molecule has 2 rings (SSSR count). The van der Waals surface area contributed by atoms with E-state index in [-0.39, 0.29) is 11.2 Å². The van der Waals surface area contributed by atoms with Crippen molar-refractivity contribution in [3.8, 4) is 0 Å². The van der Waals surface area contributed by atoms with Crippen molar-refractivity contribution in [3.05, 3.63) is 35.6 Å². The van der Waals surface area contributed by atoms with Crippen molar-refractivity contribution in [2.45, 2.75) is 38.9 Å². The molecule has 0 amide bonds. The van der Waals surface area contributed by atoms with Gasteiger partial charge in [0.25, 0.3) is 0 Å². The molecule has 0 aliphatic carbocycles. The van der Waals surface area contributed by atoms with Crippen LogP contribution in [-0.4, -0.2) is 29.6 Å². The normalized spacial score (nSPS) is 20.9. The second-order valence-electron chi connectivity index (χ2n) is 5.61. The molecule has 19 heavy (non-hydrogen) atoms. The van der Waals surface area contributed by atoms with Crippen LogP contribution in [0.5, 0.6) is 0 Å². The van der Waals surface area contributed by atoms with Gasteiger partial charge >= 0.3 is 7.12 Å². The minimum atomic E-state index is -0.405. The molecule has 1 aromatic rings. The van der Waals surface area contributed by atoms with Gasteiger partial charge < -0.3 is 9.31 Å². The zero-order valence-electron chi connectivity index (χ0n) is 11.7. The number of aldehydes is 1. The smallest absolute Gasteiger partial charge is 0.400 e. The molecule has 2 heterocycles. The Kier molecular flexibility index (Phi) is 3.61. The Labute approximate surface area is 114 Å². The average Bonchev–Trinajstić information content (AvgIpc) is 2.55. The lowest BCUT2D eigenvalue weighted by molar-refractivity contribution is 0.00578. The van der Waals surface area contributed by atoms with E-state index in [0.717, 1.165) is 11.8 Å². The maximum Gasteiger partial charge on any atom is 0.487 e. The van der Waals surface area contributed by atoms with E-state index >= 15 is 0 Å². The summed E-state index contributed by atoms with van der Waals surface area (Å²) < 4.78 is 11.7. The fourth-order valence-corrected chi connectivity index (χ4v) is 1.82. The maximum absolute atomic E-state index is 10.9. The van der Waals surface area contributed by atoms with E-state index in [1.807, 2.05) is 39.7 Å². The fourth-order valence-electron chi connectivity index (χ4n) is 1.82. The molecule has 0 atom stereocenters. The molecule has 1 saturated heterocycles. The van der Waals surface area contributed by atoms with E-state index in [1.54, 1.807) is 12.3 Å². The van der Waals surface area contributed by atoms with Crippen LogP contribution in [0.2, 0.25) is 0 Å². The molecule has 1 aromatic heterocycles. The summed E-state index contributed by atoms with van der Waals surface area (Å²) in [6.45, 7) is 8.02. The predicted octanol–water partition coefficient (Wildman–Crippen LogP) is 2.54. The molecule has 1 aliphatic rings. The van der Waals surface area contributed by atoms with Crippen LogP contribution in [0.4, 0.5) is 0 Å². The van der Waals surface area contributed by atoms with Gasteiger partial charge in [-0.25, -0.2) is 0 Å². The van der Waals surface area contributed by atoms with E-state index in [1.165, 1.54) is 6.20 Å². The van der Waals surface area contributed by atoms with Gasteiger partial charge in [0.15, 0.2) is 6.29 Å². The number of rotatable bonds is 3. The third kappa shape index (κ3) is 2.77. The summed E-state index contributed by atoms with van der Waals surface area (Å²) in [6, 6.07) is 1.78. The van der Waals surface area contributed by atoms with E-state index < -0.39 is 7.12 Å². The van der Waals surface area contributed by atoms with Crippen LogP contribution in [0, 0.1) is 0 Å². The number of pyridine rings is 1. The minimum Gasteiger partial charge on any atom is -0.400 e. The Morgan fingerprint density at radius 2 is 1.79 bits per heavy atom. The van der Waals surface area contributed by atoms with Crippen molar-refractivity contribution in [3.63, 3.8) is 0 Å². The van der Waals surface area contributed by atoms with Crippen molar-refractivity contribution >= 4 is 19.5 Å².